The van der Waals surface area contributed by atoms with Crippen LogP contribution < -0.4 is 5.32 Å². The molecule has 0 aliphatic carbocycles. The van der Waals surface area contributed by atoms with Crippen molar-refractivity contribution in [1.82, 2.24) is 15.2 Å². The minimum Gasteiger partial charge on any atom is -0.300 e. The molecule has 1 aromatic heterocycles. The number of benzene rings is 1. The average Bonchev–Trinajstić information content (AvgIpc) is 2.76. The van der Waals surface area contributed by atoms with E-state index in [1.807, 2.05) is 24.3 Å². The summed E-state index contributed by atoms with van der Waals surface area (Å²) in [6.45, 7) is 0.714. The number of imide groups is 1. The van der Waals surface area contributed by atoms with E-state index < -0.39 is 0 Å². The van der Waals surface area contributed by atoms with Gasteiger partial charge in [0.1, 0.15) is 5.01 Å². The first-order chi connectivity index (χ1) is 8.74. The fraction of sp³-hybridized carbons (Fsp3) is 0.250. The number of rotatable bonds is 2. The molecular weight excluding hydrogens is 250 g/mol. The molecule has 0 unspecified atom stereocenters. The van der Waals surface area contributed by atoms with Gasteiger partial charge in [-0.2, -0.15) is 0 Å². The molecule has 0 spiro atoms. The second-order valence-corrected chi connectivity index (χ2v) is 5.17. The average molecular weight is 261 g/mol. The number of hydrogen-bond acceptors (Lipinski definition) is 5. The molecule has 1 aliphatic rings. The second-order valence-electron chi connectivity index (χ2n) is 4.05. The van der Waals surface area contributed by atoms with Crippen molar-refractivity contribution in [2.75, 3.05) is 13.1 Å². The number of nitrogens with one attached hydrogen (secondary N) is 1. The number of amides is 2. The van der Waals surface area contributed by atoms with E-state index in [2.05, 4.69) is 10.3 Å². The first kappa shape index (κ1) is 11.3. The van der Waals surface area contributed by atoms with E-state index in [1.165, 1.54) is 16.2 Å². The topological polar surface area (TPSA) is 62.3 Å². The molecule has 2 heterocycles. The van der Waals surface area contributed by atoms with E-state index in [-0.39, 0.29) is 31.4 Å². The minimum absolute atomic E-state index is 0.189. The van der Waals surface area contributed by atoms with E-state index in [0.29, 0.717) is 0 Å². The smallest absolute Gasteiger partial charge is 0.243 e. The lowest BCUT2D eigenvalue weighted by atomic mass is 10.3. The molecule has 6 heteroatoms. The van der Waals surface area contributed by atoms with Gasteiger partial charge in [0, 0.05) is 0 Å². The van der Waals surface area contributed by atoms with Crippen LogP contribution in [-0.2, 0) is 16.1 Å². The maximum Gasteiger partial charge on any atom is 0.243 e. The predicted octanol–water partition coefficient (Wildman–Crippen LogP) is 0.755. The van der Waals surface area contributed by atoms with Crippen LogP contribution >= 0.6 is 11.3 Å². The number of carbonyl (C=O) groups is 2. The van der Waals surface area contributed by atoms with Crippen molar-refractivity contribution in [1.29, 1.82) is 0 Å². The Balaban J connectivity index is 1.87. The molecule has 1 aromatic carbocycles. The van der Waals surface area contributed by atoms with Crippen LogP contribution in [0.2, 0.25) is 0 Å². The quantitative estimate of drug-likeness (QED) is 0.811. The zero-order valence-corrected chi connectivity index (χ0v) is 10.4. The van der Waals surface area contributed by atoms with Crippen molar-refractivity contribution in [3.8, 4) is 0 Å². The molecule has 1 fully saturated rings. The Morgan fingerprint density at radius 3 is 2.67 bits per heavy atom. The summed E-state index contributed by atoms with van der Waals surface area (Å²) in [5.74, 6) is -0.379. The van der Waals surface area contributed by atoms with Gasteiger partial charge < -0.3 is 0 Å². The van der Waals surface area contributed by atoms with Crippen molar-refractivity contribution in [2.45, 2.75) is 6.54 Å². The summed E-state index contributed by atoms with van der Waals surface area (Å²) in [7, 11) is 0. The highest BCUT2D eigenvalue weighted by atomic mass is 32.1. The molecule has 1 N–H and O–H groups in total. The number of aromatic nitrogens is 1. The Bertz CT molecular complexity index is 574. The van der Waals surface area contributed by atoms with E-state index >= 15 is 0 Å². The van der Waals surface area contributed by atoms with E-state index in [9.17, 15) is 9.59 Å². The molecule has 1 saturated heterocycles. The van der Waals surface area contributed by atoms with E-state index in [4.69, 9.17) is 0 Å². The summed E-state index contributed by atoms with van der Waals surface area (Å²) >= 11 is 1.52. The Morgan fingerprint density at radius 2 is 1.94 bits per heavy atom. The molecule has 3 rings (SSSR count). The van der Waals surface area contributed by atoms with Crippen molar-refractivity contribution in [3.63, 3.8) is 0 Å². The maximum atomic E-state index is 11.6. The van der Waals surface area contributed by atoms with Gasteiger partial charge in [0.2, 0.25) is 11.8 Å². The van der Waals surface area contributed by atoms with Crippen LogP contribution in [0, 0.1) is 0 Å². The number of carbonyl (C=O) groups excluding carboxylic acids is 2. The lowest BCUT2D eigenvalue weighted by molar-refractivity contribution is -0.147. The Morgan fingerprint density at radius 1 is 1.22 bits per heavy atom. The molecule has 5 nitrogen and oxygen atoms in total. The van der Waals surface area contributed by atoms with Crippen molar-refractivity contribution in [2.24, 2.45) is 0 Å². The van der Waals surface area contributed by atoms with Gasteiger partial charge in [-0.15, -0.1) is 11.3 Å². The number of nitrogens with zero attached hydrogens (tertiary/aromatic N) is 2. The molecule has 0 radical (unpaired) electrons. The Kier molecular flexibility index (Phi) is 2.81. The Hall–Kier alpha value is -1.79. The fourth-order valence-electron chi connectivity index (χ4n) is 1.91. The largest absolute Gasteiger partial charge is 0.300 e. The second kappa shape index (κ2) is 4.47. The third-order valence-corrected chi connectivity index (χ3v) is 3.81. The van der Waals surface area contributed by atoms with Gasteiger partial charge in [0.25, 0.3) is 0 Å². The van der Waals surface area contributed by atoms with Gasteiger partial charge in [-0.05, 0) is 12.1 Å². The number of fused-ring (bicyclic) bond motifs is 1. The molecular formula is C12H11N3O2S. The lowest BCUT2D eigenvalue weighted by Crippen LogP contribution is -2.51. The third-order valence-electron chi connectivity index (χ3n) is 2.79. The van der Waals surface area contributed by atoms with Gasteiger partial charge in [0.05, 0.1) is 29.9 Å². The summed E-state index contributed by atoms with van der Waals surface area (Å²) in [6.07, 6.45) is 0. The van der Waals surface area contributed by atoms with E-state index in [1.54, 1.807) is 0 Å². The molecule has 18 heavy (non-hydrogen) atoms. The van der Waals surface area contributed by atoms with Gasteiger partial charge in [0.15, 0.2) is 0 Å². The van der Waals surface area contributed by atoms with Gasteiger partial charge in [-0.25, -0.2) is 4.98 Å². The highest BCUT2D eigenvalue weighted by molar-refractivity contribution is 7.18. The summed E-state index contributed by atoms with van der Waals surface area (Å²) < 4.78 is 1.07. The van der Waals surface area contributed by atoms with Gasteiger partial charge in [-0.3, -0.25) is 19.8 Å². The van der Waals surface area contributed by atoms with Crippen LogP contribution in [0.5, 0.6) is 0 Å². The minimum atomic E-state index is -0.189. The first-order valence-corrected chi connectivity index (χ1v) is 6.44. The molecule has 2 aromatic rings. The summed E-state index contributed by atoms with van der Waals surface area (Å²) in [5.41, 5.74) is 0.910. The zero-order chi connectivity index (χ0) is 12.5. The van der Waals surface area contributed by atoms with Gasteiger partial charge in [-0.1, -0.05) is 12.1 Å². The number of piperazine rings is 1. The van der Waals surface area contributed by atoms with Gasteiger partial charge >= 0.3 is 0 Å². The molecule has 1 aliphatic heterocycles. The van der Waals surface area contributed by atoms with Crippen LogP contribution in [0.25, 0.3) is 10.2 Å². The number of para-hydroxylation sites is 1. The highest BCUT2D eigenvalue weighted by Crippen LogP contribution is 2.22. The monoisotopic (exact) mass is 261 g/mol. The van der Waals surface area contributed by atoms with Crippen LogP contribution in [0.4, 0.5) is 0 Å². The molecule has 2 amide bonds. The first-order valence-electron chi connectivity index (χ1n) is 5.62. The SMILES string of the molecule is O=C1CNCC(=O)N1Cc1nc2ccccc2s1. The van der Waals surface area contributed by atoms with Crippen LogP contribution in [0.1, 0.15) is 5.01 Å². The molecule has 0 atom stereocenters. The van der Waals surface area contributed by atoms with Crippen LogP contribution in [0.15, 0.2) is 24.3 Å². The number of thiazole rings is 1. The zero-order valence-electron chi connectivity index (χ0n) is 9.55. The van der Waals surface area contributed by atoms with Crippen LogP contribution in [0.3, 0.4) is 0 Å². The standard InChI is InChI=1S/C12H11N3O2S/c16-11-5-13-6-12(17)15(11)7-10-14-8-3-1-2-4-9(8)18-10/h1-4,13H,5-7H2. The molecule has 0 saturated carbocycles. The predicted molar refractivity (Wildman–Crippen MR) is 68.0 cm³/mol. The molecule has 92 valence electrons. The third kappa shape index (κ3) is 2.00. The van der Waals surface area contributed by atoms with Crippen molar-refractivity contribution < 1.29 is 9.59 Å². The summed E-state index contributed by atoms with van der Waals surface area (Å²) in [6, 6.07) is 7.78. The normalized spacial score (nSPS) is 16.6. The summed E-state index contributed by atoms with van der Waals surface area (Å²) in [5, 5.41) is 3.56. The van der Waals surface area contributed by atoms with E-state index in [0.717, 1.165) is 15.2 Å². The van der Waals surface area contributed by atoms with Crippen LogP contribution in [-0.4, -0.2) is 34.8 Å². The van der Waals surface area contributed by atoms with Crippen molar-refractivity contribution in [3.05, 3.63) is 29.3 Å². The Labute approximate surface area is 107 Å². The van der Waals surface area contributed by atoms with Crippen molar-refractivity contribution >= 4 is 33.4 Å². The fourth-order valence-corrected chi connectivity index (χ4v) is 2.86. The number of hydrogen-bond donors (Lipinski definition) is 1. The molecule has 0 bridgehead atoms. The summed E-state index contributed by atoms with van der Waals surface area (Å²) in [4.78, 5) is 29.0. The highest BCUT2D eigenvalue weighted by Gasteiger charge is 2.26. The maximum absolute atomic E-state index is 11.6. The lowest BCUT2D eigenvalue weighted by Gasteiger charge is -2.24.